The topological polar surface area (TPSA) is 50.4 Å². The third-order valence-electron chi connectivity index (χ3n) is 5.66. The molecule has 2 heterocycles. The van der Waals surface area contributed by atoms with Gasteiger partial charge in [-0.25, -0.2) is 0 Å². The average Bonchev–Trinajstić information content (AvgIpc) is 3.33. The molecule has 4 rings (SSSR count). The van der Waals surface area contributed by atoms with Gasteiger partial charge in [0.25, 0.3) is 0 Å². The summed E-state index contributed by atoms with van der Waals surface area (Å²) < 4.78 is 5.80. The second kappa shape index (κ2) is 4.45. The van der Waals surface area contributed by atoms with Gasteiger partial charge in [-0.05, 0) is 62.9 Å². The number of carbonyl (C=O) groups excluding carboxylic acids is 1. The summed E-state index contributed by atoms with van der Waals surface area (Å²) in [6, 6.07) is 0.291. The minimum Gasteiger partial charge on any atom is -0.376 e. The minimum absolute atomic E-state index is 0.287. The van der Waals surface area contributed by atoms with Gasteiger partial charge in [-0.2, -0.15) is 0 Å². The van der Waals surface area contributed by atoms with Crippen molar-refractivity contribution in [1.82, 2.24) is 10.6 Å². The highest BCUT2D eigenvalue weighted by atomic mass is 16.5. The van der Waals surface area contributed by atoms with E-state index in [1.165, 1.54) is 25.7 Å². The number of hydrogen-bond donors (Lipinski definition) is 2. The van der Waals surface area contributed by atoms with Gasteiger partial charge in [0.05, 0.1) is 12.1 Å². The van der Waals surface area contributed by atoms with E-state index >= 15 is 0 Å². The van der Waals surface area contributed by atoms with E-state index < -0.39 is 0 Å². The molecule has 1 spiro atoms. The lowest BCUT2D eigenvalue weighted by molar-refractivity contribution is -0.124. The minimum atomic E-state index is 0.287. The Morgan fingerprint density at radius 2 is 2.00 bits per heavy atom. The first kappa shape index (κ1) is 12.2. The maximum absolute atomic E-state index is 12.4. The molecule has 2 N–H and O–H groups in total. The summed E-state index contributed by atoms with van der Waals surface area (Å²) in [6.07, 6.45) is 7.37. The average molecular weight is 264 g/mol. The lowest BCUT2D eigenvalue weighted by Crippen LogP contribution is -2.43. The van der Waals surface area contributed by atoms with Crippen molar-refractivity contribution in [1.29, 1.82) is 0 Å². The maximum Gasteiger partial charge on any atom is 0.224 e. The maximum atomic E-state index is 12.4. The molecule has 19 heavy (non-hydrogen) atoms. The smallest absolute Gasteiger partial charge is 0.224 e. The van der Waals surface area contributed by atoms with Gasteiger partial charge in [0, 0.05) is 12.5 Å². The fourth-order valence-corrected chi connectivity index (χ4v) is 4.13. The molecule has 2 saturated carbocycles. The second-order valence-electron chi connectivity index (χ2n) is 6.95. The Balaban J connectivity index is 1.34. The Bertz CT molecular complexity index is 374. The first-order valence-corrected chi connectivity index (χ1v) is 7.91. The molecular weight excluding hydrogens is 240 g/mol. The van der Waals surface area contributed by atoms with Crippen molar-refractivity contribution in [2.45, 2.75) is 50.7 Å². The number of nitrogens with one attached hydrogen (secondary N) is 2. The van der Waals surface area contributed by atoms with Crippen LogP contribution in [-0.2, 0) is 9.53 Å². The number of piperidine rings is 1. The lowest BCUT2D eigenvalue weighted by atomic mass is 9.91. The second-order valence-corrected chi connectivity index (χ2v) is 6.95. The van der Waals surface area contributed by atoms with Crippen LogP contribution in [0.25, 0.3) is 0 Å². The van der Waals surface area contributed by atoms with Crippen molar-refractivity contribution in [3.63, 3.8) is 0 Å². The highest BCUT2D eigenvalue weighted by molar-refractivity contribution is 5.83. The van der Waals surface area contributed by atoms with Crippen molar-refractivity contribution in [3.05, 3.63) is 0 Å². The summed E-state index contributed by atoms with van der Waals surface area (Å²) in [6.45, 7) is 2.99. The van der Waals surface area contributed by atoms with Crippen molar-refractivity contribution < 1.29 is 9.53 Å². The van der Waals surface area contributed by atoms with E-state index in [9.17, 15) is 4.79 Å². The van der Waals surface area contributed by atoms with Gasteiger partial charge in [-0.15, -0.1) is 0 Å². The Morgan fingerprint density at radius 1 is 1.21 bits per heavy atom. The van der Waals surface area contributed by atoms with Crippen molar-refractivity contribution in [2.24, 2.45) is 17.3 Å². The van der Waals surface area contributed by atoms with E-state index in [4.69, 9.17) is 4.74 Å². The number of ether oxygens (including phenoxy) is 1. The van der Waals surface area contributed by atoms with Crippen molar-refractivity contribution in [3.8, 4) is 0 Å². The van der Waals surface area contributed by atoms with Crippen LogP contribution in [0.5, 0.6) is 0 Å². The van der Waals surface area contributed by atoms with Gasteiger partial charge in [-0.1, -0.05) is 0 Å². The zero-order valence-corrected chi connectivity index (χ0v) is 11.5. The fourth-order valence-electron chi connectivity index (χ4n) is 4.13. The molecule has 0 aromatic heterocycles. The van der Waals surface area contributed by atoms with E-state index in [0.29, 0.717) is 23.5 Å². The zero-order valence-electron chi connectivity index (χ0n) is 11.5. The van der Waals surface area contributed by atoms with Gasteiger partial charge >= 0.3 is 0 Å². The molecule has 2 aliphatic heterocycles. The van der Waals surface area contributed by atoms with Crippen LogP contribution in [0.1, 0.15) is 38.5 Å². The van der Waals surface area contributed by atoms with Crippen LogP contribution < -0.4 is 10.6 Å². The van der Waals surface area contributed by atoms with Gasteiger partial charge in [0.15, 0.2) is 0 Å². The summed E-state index contributed by atoms with van der Waals surface area (Å²) in [4.78, 5) is 12.4. The van der Waals surface area contributed by atoms with Gasteiger partial charge < -0.3 is 15.4 Å². The normalized spacial score (nSPS) is 40.3. The van der Waals surface area contributed by atoms with Gasteiger partial charge in [-0.3, -0.25) is 4.79 Å². The highest BCUT2D eigenvalue weighted by Crippen LogP contribution is 2.58. The summed E-state index contributed by atoms with van der Waals surface area (Å²) in [5, 5.41) is 6.69. The third-order valence-corrected chi connectivity index (χ3v) is 5.66. The largest absolute Gasteiger partial charge is 0.376 e. The van der Waals surface area contributed by atoms with Crippen molar-refractivity contribution >= 4 is 5.91 Å². The molecule has 4 heteroatoms. The molecule has 1 amide bonds. The molecule has 2 aliphatic carbocycles. The molecule has 0 aromatic carbocycles. The first-order valence-electron chi connectivity index (χ1n) is 7.91. The Hall–Kier alpha value is -0.610. The van der Waals surface area contributed by atoms with E-state index in [1.54, 1.807) is 0 Å². The van der Waals surface area contributed by atoms with Gasteiger partial charge in [0.1, 0.15) is 0 Å². The summed E-state index contributed by atoms with van der Waals surface area (Å²) >= 11 is 0. The van der Waals surface area contributed by atoms with E-state index in [2.05, 4.69) is 10.6 Å². The number of hydrogen-bond acceptors (Lipinski definition) is 3. The SMILES string of the molecule is O=C(NC1CCOC1C1CC1)C1CC12CCNCC2. The first-order chi connectivity index (χ1) is 9.28. The quantitative estimate of drug-likeness (QED) is 0.801. The van der Waals surface area contributed by atoms with Crippen LogP contribution >= 0.6 is 0 Å². The molecule has 0 aromatic rings. The number of carbonyl (C=O) groups is 1. The Labute approximate surface area is 114 Å². The molecule has 4 fully saturated rings. The van der Waals surface area contributed by atoms with Crippen molar-refractivity contribution in [2.75, 3.05) is 19.7 Å². The van der Waals surface area contributed by atoms with E-state index in [1.807, 2.05) is 0 Å². The van der Waals surface area contributed by atoms with Crippen LogP contribution in [0.15, 0.2) is 0 Å². The molecule has 0 radical (unpaired) electrons. The summed E-state index contributed by atoms with van der Waals surface area (Å²) in [5.41, 5.74) is 0.351. The van der Waals surface area contributed by atoms with Gasteiger partial charge in [0.2, 0.25) is 5.91 Å². The van der Waals surface area contributed by atoms with Crippen LogP contribution in [0.4, 0.5) is 0 Å². The molecule has 106 valence electrons. The third kappa shape index (κ3) is 2.19. The molecule has 4 nitrogen and oxygen atoms in total. The van der Waals surface area contributed by atoms with E-state index in [-0.39, 0.29) is 5.92 Å². The molecule has 3 atom stereocenters. The Kier molecular flexibility index (Phi) is 2.85. The van der Waals surface area contributed by atoms with Crippen LogP contribution in [-0.4, -0.2) is 37.7 Å². The predicted molar refractivity (Wildman–Crippen MR) is 71.7 cm³/mol. The molecular formula is C15H24N2O2. The summed E-state index contributed by atoms with van der Waals surface area (Å²) in [5.74, 6) is 1.32. The lowest BCUT2D eigenvalue weighted by Gasteiger charge is -2.24. The standard InChI is InChI=1S/C15H24N2O2/c18-14(11-9-15(11)4-6-16-7-5-15)17-12-3-8-19-13(12)10-1-2-10/h10-13,16H,1-9H2,(H,17,18). The number of amides is 1. The number of rotatable bonds is 3. The highest BCUT2D eigenvalue weighted by Gasteiger charge is 2.58. The van der Waals surface area contributed by atoms with E-state index in [0.717, 1.165) is 38.5 Å². The fraction of sp³-hybridized carbons (Fsp3) is 0.933. The Morgan fingerprint density at radius 3 is 2.74 bits per heavy atom. The van der Waals surface area contributed by atoms with Crippen LogP contribution in [0.2, 0.25) is 0 Å². The summed E-state index contributed by atoms with van der Waals surface area (Å²) in [7, 11) is 0. The molecule has 3 unspecified atom stereocenters. The predicted octanol–water partition coefficient (Wildman–Crippen LogP) is 1.06. The molecule has 2 saturated heterocycles. The van der Waals surface area contributed by atoms with Crippen LogP contribution in [0.3, 0.4) is 0 Å². The molecule has 4 aliphatic rings. The zero-order chi connectivity index (χ0) is 12.9. The molecule has 0 bridgehead atoms. The monoisotopic (exact) mass is 264 g/mol. The van der Waals surface area contributed by atoms with Crippen LogP contribution in [0, 0.1) is 17.3 Å².